The Morgan fingerprint density at radius 3 is 2.13 bits per heavy atom. The zero-order valence-corrected chi connectivity index (χ0v) is 25.2. The predicted molar refractivity (Wildman–Crippen MR) is 185 cm³/mol. The van der Waals surface area contributed by atoms with E-state index in [-0.39, 0.29) is 0 Å². The first-order valence-corrected chi connectivity index (χ1v) is 15.2. The molecule has 1 aromatic heterocycles. The maximum Gasteiger partial charge on any atom is 0.374 e. The van der Waals surface area contributed by atoms with Gasteiger partial charge in [-0.1, -0.05) is 84.9 Å². The number of nitrogens with zero attached hydrogens (tertiary/aromatic N) is 6. The van der Waals surface area contributed by atoms with Crippen molar-refractivity contribution in [1.29, 1.82) is 0 Å². The third kappa shape index (κ3) is 3.82. The summed E-state index contributed by atoms with van der Waals surface area (Å²) in [5.41, 5.74) is 8.26. The minimum Gasteiger partial charge on any atom is -0.302 e. The van der Waals surface area contributed by atoms with Crippen LogP contribution >= 0.6 is 0 Å². The second-order valence-electron chi connectivity index (χ2n) is 11.8. The number of likely N-dealkylation sites (N-methyl/N-ethyl adjacent to an activating group) is 1. The molecule has 3 heterocycles. The Morgan fingerprint density at radius 1 is 0.600 bits per heavy atom. The highest BCUT2D eigenvalue weighted by molar-refractivity contribution is 6.54. The zero-order valence-electron chi connectivity index (χ0n) is 25.2. The number of benzene rings is 6. The molecule has 0 radical (unpaired) electrons. The van der Waals surface area contributed by atoms with Crippen molar-refractivity contribution in [2.45, 2.75) is 13.8 Å². The molecule has 0 unspecified atom stereocenters. The number of aliphatic imine (C=N–C) groups is 2. The highest BCUT2D eigenvalue weighted by atomic mass is 15.4. The van der Waals surface area contributed by atoms with Gasteiger partial charge in [-0.25, -0.2) is 9.98 Å². The SMILES string of the molecule is Cc1ccc2c(c1)N(c1cccc3ccccc13)C1=Nc3c(nc4ccc(C)cc4[n+]3-c3cccc4ccccc34)N(C)C1=N2. The quantitative estimate of drug-likeness (QED) is 0.192. The molecule has 0 bridgehead atoms. The van der Waals surface area contributed by atoms with Crippen LogP contribution in [0.2, 0.25) is 0 Å². The normalized spacial score (nSPS) is 13.8. The number of hydrogen-bond donors (Lipinski definition) is 0. The van der Waals surface area contributed by atoms with Crippen molar-refractivity contribution >= 4 is 72.9 Å². The summed E-state index contributed by atoms with van der Waals surface area (Å²) >= 11 is 0. The van der Waals surface area contributed by atoms with Crippen molar-refractivity contribution < 1.29 is 4.57 Å². The van der Waals surface area contributed by atoms with Crippen LogP contribution in [0.15, 0.2) is 131 Å². The summed E-state index contributed by atoms with van der Waals surface area (Å²) in [6.45, 7) is 4.25. The standard InChI is InChI=1S/C39H29N6/c1-24-18-20-30-34(22-24)44(32-16-8-12-26-10-4-6-14-28(26)32)38-36(40-30)43(3)37-39(42-38)45(35-23-25(2)19-21-31(35)41-37)33-17-9-13-27-11-5-7-15-29(27)33/h4-23H,1-3H3/q+1. The van der Waals surface area contributed by atoms with Gasteiger partial charge < -0.3 is 4.90 Å². The van der Waals surface area contributed by atoms with Crippen molar-refractivity contribution in [3.05, 3.63) is 132 Å². The first-order chi connectivity index (χ1) is 22.0. The number of fused-ring (bicyclic) bond motifs is 6. The summed E-state index contributed by atoms with van der Waals surface area (Å²) in [6.07, 6.45) is 0. The van der Waals surface area contributed by atoms with E-state index in [9.17, 15) is 0 Å². The van der Waals surface area contributed by atoms with Crippen LogP contribution in [0.25, 0.3) is 38.3 Å². The topological polar surface area (TPSA) is 48.0 Å². The largest absolute Gasteiger partial charge is 0.374 e. The van der Waals surface area contributed by atoms with Crippen molar-refractivity contribution in [2.75, 3.05) is 16.8 Å². The summed E-state index contributed by atoms with van der Waals surface area (Å²) < 4.78 is 2.28. The lowest BCUT2D eigenvalue weighted by Crippen LogP contribution is -2.48. The van der Waals surface area contributed by atoms with E-state index in [0.717, 1.165) is 79.0 Å². The van der Waals surface area contributed by atoms with Crippen molar-refractivity contribution in [1.82, 2.24) is 4.98 Å². The molecule has 0 amide bonds. The highest BCUT2D eigenvalue weighted by Gasteiger charge is 2.43. The summed E-state index contributed by atoms with van der Waals surface area (Å²) in [5.74, 6) is 3.05. The van der Waals surface area contributed by atoms with Gasteiger partial charge in [-0.3, -0.25) is 4.90 Å². The molecular weight excluding hydrogens is 552 g/mol. The Kier molecular flexibility index (Phi) is 5.44. The Bertz CT molecular complexity index is 2430. The predicted octanol–water partition coefficient (Wildman–Crippen LogP) is 8.80. The molecule has 6 heteroatoms. The van der Waals surface area contributed by atoms with Gasteiger partial charge in [-0.15, -0.1) is 0 Å². The van der Waals surface area contributed by atoms with Gasteiger partial charge >= 0.3 is 5.82 Å². The van der Waals surface area contributed by atoms with E-state index in [1.807, 2.05) is 7.05 Å². The maximum absolute atomic E-state index is 5.54. The molecule has 45 heavy (non-hydrogen) atoms. The molecule has 0 fully saturated rings. The van der Waals surface area contributed by atoms with Crippen LogP contribution in [-0.2, 0) is 0 Å². The fraction of sp³-hybridized carbons (Fsp3) is 0.0769. The van der Waals surface area contributed by atoms with Crippen LogP contribution in [0.4, 0.5) is 28.7 Å². The second kappa shape index (κ2) is 9.56. The van der Waals surface area contributed by atoms with Crippen LogP contribution in [0.3, 0.4) is 0 Å². The van der Waals surface area contributed by atoms with E-state index in [4.69, 9.17) is 15.0 Å². The molecule has 0 spiro atoms. The molecule has 2 aliphatic heterocycles. The number of rotatable bonds is 2. The van der Waals surface area contributed by atoms with Gasteiger partial charge in [0, 0.05) is 17.8 Å². The summed E-state index contributed by atoms with van der Waals surface area (Å²) in [7, 11) is 2.05. The highest BCUT2D eigenvalue weighted by Crippen LogP contribution is 2.44. The fourth-order valence-electron chi connectivity index (χ4n) is 6.72. The number of anilines is 3. The van der Waals surface area contributed by atoms with Crippen molar-refractivity contribution in [3.63, 3.8) is 0 Å². The lowest BCUT2D eigenvalue weighted by atomic mass is 10.0. The molecule has 2 aliphatic rings. The molecule has 214 valence electrons. The monoisotopic (exact) mass is 581 g/mol. The minimum absolute atomic E-state index is 0.759. The zero-order chi connectivity index (χ0) is 30.2. The minimum atomic E-state index is 0.759. The number of hydrogen-bond acceptors (Lipinski definition) is 5. The fourth-order valence-corrected chi connectivity index (χ4v) is 6.72. The van der Waals surface area contributed by atoms with Gasteiger partial charge in [-0.05, 0) is 77.1 Å². The Morgan fingerprint density at radius 2 is 1.29 bits per heavy atom. The van der Waals surface area contributed by atoms with Gasteiger partial charge in [0.15, 0.2) is 5.52 Å². The molecule has 0 N–H and O–H groups in total. The van der Waals surface area contributed by atoms with Crippen LogP contribution in [0, 0.1) is 13.8 Å². The van der Waals surface area contributed by atoms with Gasteiger partial charge in [0.1, 0.15) is 11.2 Å². The summed E-state index contributed by atoms with van der Waals surface area (Å²) in [6, 6.07) is 42.8. The van der Waals surface area contributed by atoms with E-state index in [0.29, 0.717) is 0 Å². The molecule has 6 aromatic carbocycles. The molecular formula is C39H29N6+. The second-order valence-corrected chi connectivity index (χ2v) is 11.8. The van der Waals surface area contributed by atoms with Crippen LogP contribution in [0.1, 0.15) is 11.1 Å². The molecule has 0 saturated heterocycles. The van der Waals surface area contributed by atoms with Crippen molar-refractivity contribution in [3.8, 4) is 5.69 Å². The Hall–Kier alpha value is -5.88. The van der Waals surface area contributed by atoms with E-state index < -0.39 is 0 Å². The van der Waals surface area contributed by atoms with E-state index in [1.54, 1.807) is 0 Å². The third-order valence-electron chi connectivity index (χ3n) is 8.88. The van der Waals surface area contributed by atoms with Gasteiger partial charge in [0.2, 0.25) is 11.7 Å². The molecule has 0 saturated carbocycles. The van der Waals surface area contributed by atoms with Crippen LogP contribution < -0.4 is 14.4 Å². The average Bonchev–Trinajstić information content (AvgIpc) is 3.07. The third-order valence-corrected chi connectivity index (χ3v) is 8.88. The maximum atomic E-state index is 5.54. The summed E-state index contributed by atoms with van der Waals surface area (Å²) in [5, 5.41) is 4.65. The smallest absolute Gasteiger partial charge is 0.302 e. The first kappa shape index (κ1) is 25.6. The van der Waals surface area contributed by atoms with Crippen LogP contribution in [0.5, 0.6) is 0 Å². The summed E-state index contributed by atoms with van der Waals surface area (Å²) in [4.78, 5) is 20.3. The van der Waals surface area contributed by atoms with Crippen LogP contribution in [-0.4, -0.2) is 23.7 Å². The first-order valence-electron chi connectivity index (χ1n) is 15.2. The molecule has 0 aliphatic carbocycles. The molecule has 7 aromatic rings. The van der Waals surface area contributed by atoms with E-state index >= 15 is 0 Å². The Balaban J connectivity index is 1.41. The van der Waals surface area contributed by atoms with E-state index in [1.165, 1.54) is 10.8 Å². The van der Waals surface area contributed by atoms with Crippen molar-refractivity contribution in [2.24, 2.45) is 9.98 Å². The average molecular weight is 582 g/mol. The molecule has 0 atom stereocenters. The lowest BCUT2D eigenvalue weighted by molar-refractivity contribution is -0.551. The molecule has 6 nitrogen and oxygen atoms in total. The Labute approximate surface area is 260 Å². The number of aryl methyl sites for hydroxylation is 2. The lowest BCUT2D eigenvalue weighted by Gasteiger charge is -2.34. The van der Waals surface area contributed by atoms with Gasteiger partial charge in [0.05, 0.1) is 17.1 Å². The van der Waals surface area contributed by atoms with Gasteiger partial charge in [-0.2, -0.15) is 4.57 Å². The number of aromatic nitrogens is 2. The van der Waals surface area contributed by atoms with Gasteiger partial charge in [0.25, 0.3) is 5.84 Å². The number of amidine groups is 2. The van der Waals surface area contributed by atoms with E-state index in [2.05, 4.69) is 150 Å². The molecule has 9 rings (SSSR count).